The molecule has 11 heteroatoms. The second-order valence-corrected chi connectivity index (χ2v) is 13.6. The summed E-state index contributed by atoms with van der Waals surface area (Å²) in [5.74, 6) is 0.417. The summed E-state index contributed by atoms with van der Waals surface area (Å²) >= 11 is 0. The largest absolute Gasteiger partial charge is 0.373 e. The first-order valence-electron chi connectivity index (χ1n) is 12.6. The van der Waals surface area contributed by atoms with Crippen molar-refractivity contribution in [2.24, 2.45) is 11.3 Å². The molecule has 0 aromatic rings. The molecule has 3 amide bonds. The molecule has 34 heavy (non-hydrogen) atoms. The molecule has 1 spiro atoms. The van der Waals surface area contributed by atoms with Crippen LogP contribution in [-0.4, -0.2) is 102 Å². The van der Waals surface area contributed by atoms with Gasteiger partial charge >= 0.3 is 6.03 Å². The molecule has 3 heterocycles. The summed E-state index contributed by atoms with van der Waals surface area (Å²) in [6.07, 6.45) is 2.95. The van der Waals surface area contributed by atoms with Crippen molar-refractivity contribution in [3.63, 3.8) is 0 Å². The van der Waals surface area contributed by atoms with Crippen molar-refractivity contribution in [1.82, 2.24) is 23.7 Å². The van der Waals surface area contributed by atoms with Crippen LogP contribution >= 0.6 is 0 Å². The Hall–Kier alpha value is -1.27. The first kappa shape index (κ1) is 25.8. The van der Waals surface area contributed by atoms with Crippen molar-refractivity contribution in [3.8, 4) is 0 Å². The van der Waals surface area contributed by atoms with Crippen LogP contribution in [0.5, 0.6) is 0 Å². The van der Waals surface area contributed by atoms with Crippen molar-refractivity contribution in [2.45, 2.75) is 78.0 Å². The number of nitrogens with one attached hydrogen (secondary N) is 1. The average Bonchev–Trinajstić information content (AvgIpc) is 2.97. The summed E-state index contributed by atoms with van der Waals surface area (Å²) in [6, 6.07) is -0.328. The molecule has 0 bridgehead atoms. The van der Waals surface area contributed by atoms with Gasteiger partial charge in [-0.15, -0.1) is 0 Å². The summed E-state index contributed by atoms with van der Waals surface area (Å²) < 4.78 is 35.0. The number of rotatable bonds is 4. The maximum absolute atomic E-state index is 13.3. The molecule has 10 nitrogen and oxygen atoms in total. The number of urea groups is 1. The molecular weight excluding hydrogens is 458 g/mol. The second kappa shape index (κ2) is 9.31. The molecule has 4 aliphatic rings. The highest BCUT2D eigenvalue weighted by Gasteiger charge is 2.53. The zero-order chi connectivity index (χ0) is 24.9. The van der Waals surface area contributed by atoms with Crippen LogP contribution in [-0.2, 0) is 19.7 Å². The van der Waals surface area contributed by atoms with E-state index in [9.17, 15) is 18.0 Å². The molecular formula is C23H41N5O5S. The van der Waals surface area contributed by atoms with Crippen LogP contribution in [0.1, 0.15) is 60.3 Å². The van der Waals surface area contributed by atoms with Crippen LogP contribution in [0, 0.1) is 11.3 Å². The minimum absolute atomic E-state index is 0.129. The van der Waals surface area contributed by atoms with Gasteiger partial charge in [0.05, 0.1) is 18.9 Å². The van der Waals surface area contributed by atoms with Crippen LogP contribution in [0.4, 0.5) is 4.79 Å². The Morgan fingerprint density at radius 3 is 2.06 bits per heavy atom. The summed E-state index contributed by atoms with van der Waals surface area (Å²) in [7, 11) is -3.56. The summed E-state index contributed by atoms with van der Waals surface area (Å²) in [6.45, 7) is 13.0. The highest BCUT2D eigenvalue weighted by molar-refractivity contribution is 7.86. The number of ether oxygens (including phenoxy) is 1. The smallest absolute Gasteiger partial charge is 0.326 e. The predicted molar refractivity (Wildman–Crippen MR) is 128 cm³/mol. The van der Waals surface area contributed by atoms with Gasteiger partial charge in [-0.1, -0.05) is 20.8 Å². The Labute approximate surface area is 204 Å². The monoisotopic (exact) mass is 499 g/mol. The maximum atomic E-state index is 13.3. The molecule has 194 valence electrons. The number of piperazine rings is 1. The van der Waals surface area contributed by atoms with Gasteiger partial charge in [-0.05, 0) is 50.9 Å². The van der Waals surface area contributed by atoms with E-state index in [1.54, 1.807) is 0 Å². The van der Waals surface area contributed by atoms with E-state index in [1.807, 2.05) is 18.7 Å². The number of hydrogen-bond acceptors (Lipinski definition) is 6. The fourth-order valence-electron chi connectivity index (χ4n) is 5.90. The summed E-state index contributed by atoms with van der Waals surface area (Å²) in [5, 5.41) is 3.00. The number of hydrogen-bond donors (Lipinski definition) is 1. The molecule has 1 saturated carbocycles. The summed E-state index contributed by atoms with van der Waals surface area (Å²) in [4.78, 5) is 29.4. The molecule has 1 aliphatic carbocycles. The van der Waals surface area contributed by atoms with Gasteiger partial charge in [-0.2, -0.15) is 17.0 Å². The van der Waals surface area contributed by atoms with Crippen LogP contribution in [0.25, 0.3) is 0 Å². The highest BCUT2D eigenvalue weighted by Crippen LogP contribution is 2.43. The number of amides is 3. The number of carbonyl (C=O) groups is 2. The molecule has 4 fully saturated rings. The van der Waals surface area contributed by atoms with Crippen LogP contribution in [0.2, 0.25) is 0 Å². The normalized spacial score (nSPS) is 35.2. The van der Waals surface area contributed by atoms with E-state index in [4.69, 9.17) is 4.74 Å². The lowest BCUT2D eigenvalue weighted by Crippen LogP contribution is -2.58. The molecule has 0 aromatic heterocycles. The van der Waals surface area contributed by atoms with E-state index in [1.165, 1.54) is 13.5 Å². The Morgan fingerprint density at radius 2 is 1.53 bits per heavy atom. The lowest BCUT2D eigenvalue weighted by atomic mass is 9.67. The van der Waals surface area contributed by atoms with E-state index in [0.717, 1.165) is 12.8 Å². The van der Waals surface area contributed by atoms with Gasteiger partial charge in [0, 0.05) is 39.3 Å². The average molecular weight is 500 g/mol. The molecule has 2 unspecified atom stereocenters. The fourth-order valence-corrected chi connectivity index (χ4v) is 7.65. The topological polar surface area (TPSA) is 103 Å². The van der Waals surface area contributed by atoms with Crippen molar-refractivity contribution in [2.75, 3.05) is 45.9 Å². The number of morpholine rings is 1. The van der Waals surface area contributed by atoms with E-state index in [2.05, 4.69) is 26.1 Å². The van der Waals surface area contributed by atoms with E-state index >= 15 is 0 Å². The van der Waals surface area contributed by atoms with Crippen molar-refractivity contribution < 1.29 is 22.7 Å². The Bertz CT molecular complexity index is 878. The van der Waals surface area contributed by atoms with Gasteiger partial charge in [-0.25, -0.2) is 9.69 Å². The number of imide groups is 1. The fraction of sp³-hybridized carbons (Fsp3) is 0.913. The zero-order valence-corrected chi connectivity index (χ0v) is 22.1. The van der Waals surface area contributed by atoms with E-state index in [-0.39, 0.29) is 36.2 Å². The van der Waals surface area contributed by atoms with Gasteiger partial charge in [-0.3, -0.25) is 9.69 Å². The molecule has 3 aliphatic heterocycles. The Balaban J connectivity index is 1.32. The van der Waals surface area contributed by atoms with Crippen molar-refractivity contribution in [3.05, 3.63) is 0 Å². The summed E-state index contributed by atoms with van der Waals surface area (Å²) in [5.41, 5.74) is -0.571. The first-order valence-corrected chi connectivity index (χ1v) is 14.0. The quantitative estimate of drug-likeness (QED) is 0.588. The van der Waals surface area contributed by atoms with Crippen LogP contribution in [0.15, 0.2) is 0 Å². The predicted octanol–water partition coefficient (Wildman–Crippen LogP) is 1.44. The second-order valence-electron chi connectivity index (χ2n) is 11.6. The lowest BCUT2D eigenvalue weighted by molar-refractivity contribution is -0.134. The third-order valence-electron chi connectivity index (χ3n) is 8.02. The standard InChI is InChI=1S/C23H41N5O5S/c1-17-14-27(15-18(2)33-17)34(31,32)26-12-10-25(11-13-26)16-28-20(29)23(24-21(28)30)8-6-19(7-9-23)22(3,4)5/h17-19H,6-16H2,1-5H3,(H,24,30). The molecule has 4 rings (SSSR count). The minimum Gasteiger partial charge on any atom is -0.373 e. The Morgan fingerprint density at radius 1 is 0.971 bits per heavy atom. The van der Waals surface area contributed by atoms with Crippen molar-refractivity contribution in [1.29, 1.82) is 0 Å². The lowest BCUT2D eigenvalue weighted by Gasteiger charge is -2.41. The van der Waals surface area contributed by atoms with E-state index < -0.39 is 15.7 Å². The zero-order valence-electron chi connectivity index (χ0n) is 21.2. The molecule has 3 saturated heterocycles. The number of carbonyl (C=O) groups excluding carboxylic acids is 2. The third kappa shape index (κ3) is 5.00. The van der Waals surface area contributed by atoms with Crippen molar-refractivity contribution >= 4 is 22.1 Å². The molecule has 2 atom stereocenters. The highest BCUT2D eigenvalue weighted by atomic mass is 32.2. The minimum atomic E-state index is -3.56. The SMILES string of the molecule is CC1CN(S(=O)(=O)N2CCN(CN3C(=O)NC4(CCC(C(C)(C)C)CC4)C3=O)CC2)CC(C)O1. The third-order valence-corrected chi connectivity index (χ3v) is 9.99. The van der Waals surface area contributed by atoms with E-state index in [0.29, 0.717) is 58.0 Å². The first-order chi connectivity index (χ1) is 15.8. The van der Waals surface area contributed by atoms with Gasteiger partial charge in [0.2, 0.25) is 0 Å². The van der Waals surface area contributed by atoms with Gasteiger partial charge < -0.3 is 10.1 Å². The van der Waals surface area contributed by atoms with Gasteiger partial charge in [0.1, 0.15) is 5.54 Å². The molecule has 0 radical (unpaired) electrons. The van der Waals surface area contributed by atoms with Crippen LogP contribution in [0.3, 0.4) is 0 Å². The van der Waals surface area contributed by atoms with Gasteiger partial charge in [0.25, 0.3) is 16.1 Å². The van der Waals surface area contributed by atoms with Gasteiger partial charge in [0.15, 0.2) is 0 Å². The Kier molecular flexibility index (Phi) is 7.07. The maximum Gasteiger partial charge on any atom is 0.326 e. The molecule has 0 aromatic carbocycles. The van der Waals surface area contributed by atoms with Crippen LogP contribution < -0.4 is 5.32 Å². The number of nitrogens with zero attached hydrogens (tertiary/aromatic N) is 4. The molecule has 1 N–H and O–H groups in total.